The van der Waals surface area contributed by atoms with Gasteiger partial charge in [0.2, 0.25) is 0 Å². The van der Waals surface area contributed by atoms with Crippen LogP contribution < -0.4 is 19.9 Å². The number of hydrogen-bond acceptors (Lipinski definition) is 7. The Hall–Kier alpha value is -3.32. The molecule has 2 N–H and O–H groups in total. The van der Waals surface area contributed by atoms with Gasteiger partial charge in [0.25, 0.3) is 0 Å². The molecule has 0 heterocycles. The van der Waals surface area contributed by atoms with Crippen LogP contribution in [0.25, 0.3) is 0 Å². The van der Waals surface area contributed by atoms with Crippen molar-refractivity contribution in [1.82, 2.24) is 0 Å². The molecule has 0 aliphatic rings. The lowest BCUT2D eigenvalue weighted by atomic mass is 10.1. The monoisotopic (exact) mass is 385 g/mol. The summed E-state index contributed by atoms with van der Waals surface area (Å²) in [5.74, 6) is 0.541. The van der Waals surface area contributed by atoms with E-state index in [1.54, 1.807) is 42.5 Å². The average Bonchev–Trinajstić information content (AvgIpc) is 2.71. The van der Waals surface area contributed by atoms with E-state index in [0.29, 0.717) is 42.6 Å². The van der Waals surface area contributed by atoms with Gasteiger partial charge in [-0.3, -0.25) is 4.79 Å². The molecule has 0 spiro atoms. The number of ether oxygens (including phenoxy) is 4. The zero-order valence-corrected chi connectivity index (χ0v) is 15.6. The Morgan fingerprint density at radius 1 is 0.964 bits per heavy atom. The van der Waals surface area contributed by atoms with Crippen LogP contribution in [0.5, 0.6) is 17.2 Å². The van der Waals surface area contributed by atoms with Crippen molar-refractivity contribution >= 4 is 11.8 Å². The lowest BCUT2D eigenvalue weighted by Gasteiger charge is -2.10. The first-order chi connectivity index (χ1) is 13.6. The average molecular weight is 385 g/mol. The van der Waals surface area contributed by atoms with Crippen molar-refractivity contribution in [2.75, 3.05) is 26.4 Å². The van der Waals surface area contributed by atoms with Gasteiger partial charge >= 0.3 is 5.97 Å². The van der Waals surface area contributed by atoms with Crippen molar-refractivity contribution in [1.29, 1.82) is 0 Å². The van der Waals surface area contributed by atoms with Crippen molar-refractivity contribution < 1.29 is 28.5 Å². The van der Waals surface area contributed by atoms with Gasteiger partial charge in [0.05, 0.1) is 12.9 Å². The van der Waals surface area contributed by atoms with Crippen LogP contribution in [0.1, 0.15) is 17.3 Å². The van der Waals surface area contributed by atoms with Crippen LogP contribution in [0.3, 0.4) is 0 Å². The van der Waals surface area contributed by atoms with Crippen molar-refractivity contribution in [2.45, 2.75) is 6.92 Å². The van der Waals surface area contributed by atoms with E-state index in [0.717, 1.165) is 12.3 Å². The molecule has 7 heteroatoms. The summed E-state index contributed by atoms with van der Waals surface area (Å²) in [6.45, 7) is 2.69. The van der Waals surface area contributed by atoms with Gasteiger partial charge in [0.15, 0.2) is 12.4 Å². The van der Waals surface area contributed by atoms with Crippen LogP contribution in [0, 0.1) is 0 Å². The maximum absolute atomic E-state index is 12.3. The molecule has 2 aromatic rings. The fraction of sp³-hybridized carbons (Fsp3) is 0.238. The third-order valence-electron chi connectivity index (χ3n) is 3.38. The Bertz CT molecular complexity index is 804. The van der Waals surface area contributed by atoms with Crippen LogP contribution in [0.4, 0.5) is 0 Å². The van der Waals surface area contributed by atoms with Crippen molar-refractivity contribution in [3.05, 3.63) is 66.4 Å². The standard InChI is InChI=1S/C21H23NO6/c1-2-25-18-12-16(13-19(14-18)26-11-9-22)20(23)8-10-27-21(24)15-28-17-6-4-3-5-7-17/h3-8,10,12-14H,2,9,11,15,22H2,1H3. The van der Waals surface area contributed by atoms with Gasteiger partial charge in [-0.05, 0) is 31.2 Å². The van der Waals surface area contributed by atoms with Crippen LogP contribution in [-0.4, -0.2) is 38.1 Å². The predicted octanol–water partition coefficient (Wildman–Crippen LogP) is 2.74. The molecule has 0 saturated heterocycles. The van der Waals surface area contributed by atoms with Crippen molar-refractivity contribution in [2.24, 2.45) is 5.73 Å². The summed E-state index contributed by atoms with van der Waals surface area (Å²) >= 11 is 0. The second kappa shape index (κ2) is 11.4. The maximum Gasteiger partial charge on any atom is 0.348 e. The summed E-state index contributed by atoms with van der Waals surface area (Å²) in [5.41, 5.74) is 5.77. The normalized spacial score (nSPS) is 10.5. The molecule has 0 radical (unpaired) electrons. The molecular formula is C21H23NO6. The molecule has 0 fully saturated rings. The zero-order chi connectivity index (χ0) is 20.2. The van der Waals surface area contributed by atoms with E-state index in [1.165, 1.54) is 0 Å². The molecule has 0 aliphatic carbocycles. The van der Waals surface area contributed by atoms with E-state index < -0.39 is 5.97 Å². The van der Waals surface area contributed by atoms with E-state index in [4.69, 9.17) is 24.7 Å². The number of rotatable bonds is 11. The summed E-state index contributed by atoms with van der Waals surface area (Å²) in [6, 6.07) is 13.7. The van der Waals surface area contributed by atoms with Crippen LogP contribution >= 0.6 is 0 Å². The molecule has 28 heavy (non-hydrogen) atoms. The van der Waals surface area contributed by atoms with E-state index >= 15 is 0 Å². The summed E-state index contributed by atoms with van der Waals surface area (Å²) in [4.78, 5) is 24.0. The summed E-state index contributed by atoms with van der Waals surface area (Å²) in [7, 11) is 0. The third-order valence-corrected chi connectivity index (χ3v) is 3.38. The van der Waals surface area contributed by atoms with E-state index in [-0.39, 0.29) is 12.4 Å². The van der Waals surface area contributed by atoms with Crippen LogP contribution in [-0.2, 0) is 9.53 Å². The minimum absolute atomic E-state index is 0.264. The smallest absolute Gasteiger partial charge is 0.348 e. The molecular weight excluding hydrogens is 362 g/mol. The fourth-order valence-electron chi connectivity index (χ4n) is 2.19. The summed E-state index contributed by atoms with van der Waals surface area (Å²) in [5, 5.41) is 0. The van der Waals surface area contributed by atoms with Gasteiger partial charge in [-0.1, -0.05) is 18.2 Å². The van der Waals surface area contributed by atoms with E-state index in [2.05, 4.69) is 0 Å². The maximum atomic E-state index is 12.3. The van der Waals surface area contributed by atoms with E-state index in [9.17, 15) is 9.59 Å². The first-order valence-corrected chi connectivity index (χ1v) is 8.81. The van der Waals surface area contributed by atoms with Crippen LogP contribution in [0.2, 0.25) is 0 Å². The SMILES string of the molecule is CCOc1cc(OCCN)cc(C(=O)C=COC(=O)COc2ccccc2)c1. The molecule has 7 nitrogen and oxygen atoms in total. The molecule has 0 amide bonds. The largest absolute Gasteiger partial charge is 0.494 e. The molecule has 0 saturated carbocycles. The van der Waals surface area contributed by atoms with Crippen molar-refractivity contribution in [3.8, 4) is 17.2 Å². The van der Waals surface area contributed by atoms with Gasteiger partial charge in [-0.25, -0.2) is 4.79 Å². The van der Waals surface area contributed by atoms with Gasteiger partial charge in [-0.2, -0.15) is 0 Å². The zero-order valence-electron chi connectivity index (χ0n) is 15.6. The predicted molar refractivity (Wildman–Crippen MR) is 104 cm³/mol. The topological polar surface area (TPSA) is 97.1 Å². The third kappa shape index (κ3) is 7.13. The highest BCUT2D eigenvalue weighted by atomic mass is 16.6. The number of ketones is 1. The number of benzene rings is 2. The number of allylic oxidation sites excluding steroid dienone is 1. The number of carbonyl (C=O) groups excluding carboxylic acids is 2. The second-order valence-electron chi connectivity index (χ2n) is 5.52. The Morgan fingerprint density at radius 2 is 1.68 bits per heavy atom. The molecule has 0 unspecified atom stereocenters. The minimum Gasteiger partial charge on any atom is -0.494 e. The Balaban J connectivity index is 1.93. The number of para-hydroxylation sites is 1. The second-order valence-corrected chi connectivity index (χ2v) is 5.52. The highest BCUT2D eigenvalue weighted by Crippen LogP contribution is 2.23. The number of carbonyl (C=O) groups is 2. The Morgan fingerprint density at radius 3 is 2.36 bits per heavy atom. The van der Waals surface area contributed by atoms with Gasteiger partial charge in [0.1, 0.15) is 23.9 Å². The van der Waals surface area contributed by atoms with Gasteiger partial charge < -0.3 is 24.7 Å². The number of hydrogen-bond donors (Lipinski definition) is 1. The van der Waals surface area contributed by atoms with Crippen LogP contribution in [0.15, 0.2) is 60.9 Å². The molecule has 0 atom stereocenters. The lowest BCUT2D eigenvalue weighted by molar-refractivity contribution is -0.140. The molecule has 2 rings (SSSR count). The highest BCUT2D eigenvalue weighted by molar-refractivity contribution is 6.05. The first-order valence-electron chi connectivity index (χ1n) is 8.81. The lowest BCUT2D eigenvalue weighted by Crippen LogP contribution is -2.12. The fourth-order valence-corrected chi connectivity index (χ4v) is 2.19. The quantitative estimate of drug-likeness (QED) is 0.275. The number of nitrogens with two attached hydrogens (primary N) is 1. The summed E-state index contributed by atoms with van der Waals surface area (Å²) in [6.07, 6.45) is 2.19. The van der Waals surface area contributed by atoms with Gasteiger partial charge in [-0.15, -0.1) is 0 Å². The molecule has 2 aromatic carbocycles. The molecule has 0 aromatic heterocycles. The molecule has 0 bridgehead atoms. The molecule has 148 valence electrons. The Labute approximate surface area is 163 Å². The number of esters is 1. The van der Waals surface area contributed by atoms with Gasteiger partial charge in [0, 0.05) is 24.3 Å². The first kappa shape index (κ1) is 21.0. The van der Waals surface area contributed by atoms with Crippen molar-refractivity contribution in [3.63, 3.8) is 0 Å². The summed E-state index contributed by atoms with van der Waals surface area (Å²) < 4.78 is 21.1. The Kier molecular flexibility index (Phi) is 8.55. The highest BCUT2D eigenvalue weighted by Gasteiger charge is 2.09. The molecule has 0 aliphatic heterocycles. The minimum atomic E-state index is -0.622. The van der Waals surface area contributed by atoms with E-state index in [1.807, 2.05) is 13.0 Å².